The van der Waals surface area contributed by atoms with E-state index in [2.05, 4.69) is 15.3 Å². The smallest absolute Gasteiger partial charge is 0.224 e. The van der Waals surface area contributed by atoms with E-state index < -0.39 is 0 Å². The Morgan fingerprint density at radius 2 is 2.29 bits per heavy atom. The molecule has 1 saturated carbocycles. The molecule has 1 atom stereocenters. The molecule has 5 nitrogen and oxygen atoms in total. The molecular weight excluding hydrogens is 344 g/mol. The highest BCUT2D eigenvalue weighted by Gasteiger charge is 2.31. The lowest BCUT2D eigenvalue weighted by molar-refractivity contribution is 0.518. The number of aromatic nitrogens is 2. The zero-order valence-corrected chi connectivity index (χ0v) is 15.0. The molecule has 3 aromatic rings. The molecule has 3 heterocycles. The number of nitrogens with two attached hydrogens (primary N) is 1. The van der Waals surface area contributed by atoms with E-state index in [0.29, 0.717) is 12.5 Å². The number of nitrogens with zero attached hydrogens (tertiary/aromatic N) is 2. The SMILES string of the molecule is C[C@H](N)Cc1sc2c(NCc3ccco3)nc(Cl)nc2c1C1CC1. The summed E-state index contributed by atoms with van der Waals surface area (Å²) in [6.45, 7) is 2.60. The summed E-state index contributed by atoms with van der Waals surface area (Å²) >= 11 is 7.93. The molecule has 0 unspecified atom stereocenters. The first kappa shape index (κ1) is 15.9. The molecule has 24 heavy (non-hydrogen) atoms. The Kier molecular flexibility index (Phi) is 4.20. The molecule has 3 N–H and O–H groups in total. The summed E-state index contributed by atoms with van der Waals surface area (Å²) in [7, 11) is 0. The summed E-state index contributed by atoms with van der Waals surface area (Å²) < 4.78 is 6.43. The molecule has 0 spiro atoms. The van der Waals surface area contributed by atoms with E-state index in [1.165, 1.54) is 23.3 Å². The van der Waals surface area contributed by atoms with Crippen molar-refractivity contribution < 1.29 is 4.42 Å². The van der Waals surface area contributed by atoms with Gasteiger partial charge in [-0.1, -0.05) is 0 Å². The molecule has 0 aromatic carbocycles. The Hall–Kier alpha value is -1.63. The molecule has 1 fully saturated rings. The molecule has 4 rings (SSSR count). The van der Waals surface area contributed by atoms with E-state index in [-0.39, 0.29) is 11.3 Å². The molecule has 0 radical (unpaired) electrons. The summed E-state index contributed by atoms with van der Waals surface area (Å²) in [5, 5.41) is 3.61. The van der Waals surface area contributed by atoms with Crippen molar-refractivity contribution in [3.63, 3.8) is 0 Å². The van der Waals surface area contributed by atoms with Gasteiger partial charge in [-0.15, -0.1) is 11.3 Å². The first-order chi connectivity index (χ1) is 11.6. The van der Waals surface area contributed by atoms with Gasteiger partial charge in [0.2, 0.25) is 5.28 Å². The standard InChI is InChI=1S/C17H19ClN4OS/c1-9(19)7-12-13(10-4-5-10)14-15(24-12)16(22-17(18)21-14)20-8-11-3-2-6-23-11/h2-3,6,9-10H,4-5,7-8,19H2,1H3,(H,20,21,22)/t9-/m0/s1. The summed E-state index contributed by atoms with van der Waals surface area (Å²) in [5.74, 6) is 2.22. The number of halogens is 1. The van der Waals surface area contributed by atoms with Crippen molar-refractivity contribution in [3.05, 3.63) is 39.9 Å². The normalized spacial score (nSPS) is 15.8. The Labute approximate surface area is 149 Å². The predicted octanol–water partition coefficient (Wildman–Crippen LogP) is 4.32. The third-order valence-electron chi connectivity index (χ3n) is 4.12. The van der Waals surface area contributed by atoms with Crippen LogP contribution >= 0.6 is 22.9 Å². The van der Waals surface area contributed by atoms with Crippen LogP contribution in [-0.4, -0.2) is 16.0 Å². The first-order valence-corrected chi connectivity index (χ1v) is 9.32. The molecule has 7 heteroatoms. The van der Waals surface area contributed by atoms with Gasteiger partial charge in [-0.2, -0.15) is 4.98 Å². The molecule has 0 aliphatic heterocycles. The second kappa shape index (κ2) is 6.35. The van der Waals surface area contributed by atoms with Crippen molar-refractivity contribution in [1.29, 1.82) is 0 Å². The van der Waals surface area contributed by atoms with Crippen molar-refractivity contribution >= 4 is 39.0 Å². The second-order valence-corrected chi connectivity index (χ2v) is 7.79. The van der Waals surface area contributed by atoms with Crippen LogP contribution < -0.4 is 11.1 Å². The van der Waals surface area contributed by atoms with Crippen LogP contribution in [0.2, 0.25) is 5.28 Å². The van der Waals surface area contributed by atoms with Crippen LogP contribution in [0.15, 0.2) is 22.8 Å². The number of anilines is 1. The van der Waals surface area contributed by atoms with Crippen molar-refractivity contribution in [3.8, 4) is 0 Å². The molecule has 1 aliphatic rings. The molecule has 0 bridgehead atoms. The van der Waals surface area contributed by atoms with E-state index in [9.17, 15) is 0 Å². The summed E-state index contributed by atoms with van der Waals surface area (Å²) in [6.07, 6.45) is 4.96. The lowest BCUT2D eigenvalue weighted by Gasteiger charge is -2.06. The largest absolute Gasteiger partial charge is 0.467 e. The number of fused-ring (bicyclic) bond motifs is 1. The van der Waals surface area contributed by atoms with Gasteiger partial charge >= 0.3 is 0 Å². The van der Waals surface area contributed by atoms with E-state index in [1.807, 2.05) is 19.1 Å². The summed E-state index contributed by atoms with van der Waals surface area (Å²) in [6, 6.07) is 3.92. The number of thiophene rings is 1. The van der Waals surface area contributed by atoms with Gasteiger partial charge in [-0.25, -0.2) is 4.98 Å². The predicted molar refractivity (Wildman–Crippen MR) is 97.8 cm³/mol. The van der Waals surface area contributed by atoms with Gasteiger partial charge in [0.15, 0.2) is 0 Å². The van der Waals surface area contributed by atoms with Gasteiger partial charge in [0, 0.05) is 10.9 Å². The van der Waals surface area contributed by atoms with Gasteiger partial charge in [0.1, 0.15) is 11.6 Å². The van der Waals surface area contributed by atoms with Crippen LogP contribution in [0.4, 0.5) is 5.82 Å². The number of hydrogen-bond acceptors (Lipinski definition) is 6. The van der Waals surface area contributed by atoms with Crippen molar-refractivity contribution in [2.24, 2.45) is 5.73 Å². The number of rotatable bonds is 6. The third kappa shape index (κ3) is 3.14. The van der Waals surface area contributed by atoms with Gasteiger partial charge in [-0.3, -0.25) is 0 Å². The van der Waals surface area contributed by atoms with Crippen LogP contribution in [0.5, 0.6) is 0 Å². The van der Waals surface area contributed by atoms with Crippen LogP contribution in [0.1, 0.15) is 41.9 Å². The minimum absolute atomic E-state index is 0.124. The Morgan fingerprint density at radius 3 is 2.96 bits per heavy atom. The highest BCUT2D eigenvalue weighted by atomic mass is 35.5. The Morgan fingerprint density at radius 1 is 1.46 bits per heavy atom. The maximum Gasteiger partial charge on any atom is 0.224 e. The van der Waals surface area contributed by atoms with Crippen LogP contribution in [0.3, 0.4) is 0 Å². The fourth-order valence-electron chi connectivity index (χ4n) is 2.95. The van der Waals surface area contributed by atoms with E-state index in [1.54, 1.807) is 17.6 Å². The quantitative estimate of drug-likeness (QED) is 0.638. The monoisotopic (exact) mass is 362 g/mol. The number of nitrogens with one attached hydrogen (secondary N) is 1. The number of hydrogen-bond donors (Lipinski definition) is 2. The zero-order valence-electron chi connectivity index (χ0n) is 13.4. The van der Waals surface area contributed by atoms with Gasteiger partial charge in [0.25, 0.3) is 0 Å². The molecule has 126 valence electrons. The van der Waals surface area contributed by atoms with E-state index in [4.69, 9.17) is 21.8 Å². The molecule has 0 amide bonds. The molecule has 3 aromatic heterocycles. The average Bonchev–Trinajstić information content (AvgIpc) is 3.09. The molecular formula is C17H19ClN4OS. The van der Waals surface area contributed by atoms with Crippen LogP contribution in [0, 0.1) is 0 Å². The third-order valence-corrected chi connectivity index (χ3v) is 5.52. The average molecular weight is 363 g/mol. The Balaban J connectivity index is 1.76. The summed E-state index contributed by atoms with van der Waals surface area (Å²) in [5.41, 5.74) is 8.36. The van der Waals surface area contributed by atoms with Gasteiger partial charge < -0.3 is 15.5 Å². The minimum atomic E-state index is 0.124. The fourth-order valence-corrected chi connectivity index (χ4v) is 4.56. The minimum Gasteiger partial charge on any atom is -0.467 e. The Bertz CT molecular complexity index is 855. The highest BCUT2D eigenvalue weighted by molar-refractivity contribution is 7.19. The topological polar surface area (TPSA) is 77.0 Å². The van der Waals surface area contributed by atoms with E-state index >= 15 is 0 Å². The molecule has 1 aliphatic carbocycles. The van der Waals surface area contributed by atoms with Gasteiger partial charge in [-0.05, 0) is 61.4 Å². The summed E-state index contributed by atoms with van der Waals surface area (Å²) in [4.78, 5) is 10.2. The molecule has 0 saturated heterocycles. The fraction of sp³-hybridized carbons (Fsp3) is 0.412. The first-order valence-electron chi connectivity index (χ1n) is 8.12. The zero-order chi connectivity index (χ0) is 16.7. The van der Waals surface area contributed by atoms with Crippen LogP contribution in [-0.2, 0) is 13.0 Å². The second-order valence-electron chi connectivity index (χ2n) is 6.35. The van der Waals surface area contributed by atoms with Crippen LogP contribution in [0.25, 0.3) is 10.2 Å². The maximum atomic E-state index is 6.19. The number of furan rings is 1. The maximum absolute atomic E-state index is 6.19. The lowest BCUT2D eigenvalue weighted by atomic mass is 10.1. The van der Waals surface area contributed by atoms with Gasteiger partial charge in [0.05, 0.1) is 23.0 Å². The van der Waals surface area contributed by atoms with Crippen molar-refractivity contribution in [1.82, 2.24) is 9.97 Å². The highest BCUT2D eigenvalue weighted by Crippen LogP contribution is 2.49. The van der Waals surface area contributed by atoms with Crippen molar-refractivity contribution in [2.75, 3.05) is 5.32 Å². The van der Waals surface area contributed by atoms with E-state index in [0.717, 1.165) is 28.2 Å². The lowest BCUT2D eigenvalue weighted by Crippen LogP contribution is -2.17. The van der Waals surface area contributed by atoms with Crippen molar-refractivity contribution in [2.45, 2.75) is 44.7 Å².